The van der Waals surface area contributed by atoms with Crippen LogP contribution in [0, 0.1) is 0 Å². The topological polar surface area (TPSA) is 41.1 Å². The number of carbonyl (C=O) groups excluding carboxylic acids is 1. The number of amides is 1. The molecule has 3 heteroatoms. The van der Waals surface area contributed by atoms with Crippen molar-refractivity contribution in [3.63, 3.8) is 0 Å². The predicted molar refractivity (Wildman–Crippen MR) is 42.2 cm³/mol. The molecule has 0 radical (unpaired) electrons. The molecule has 1 amide bonds. The monoisotopic (exact) mass is 154 g/mol. The minimum atomic E-state index is 0.195. The number of carbonyl (C=O) groups is 1. The van der Waals surface area contributed by atoms with Gasteiger partial charge in [0.1, 0.15) is 0 Å². The summed E-state index contributed by atoms with van der Waals surface area (Å²) in [6.07, 6.45) is 4.22. The van der Waals surface area contributed by atoms with Gasteiger partial charge in [-0.3, -0.25) is 4.79 Å². The lowest BCUT2D eigenvalue weighted by atomic mass is 9.80. The van der Waals surface area contributed by atoms with E-state index in [1.807, 2.05) is 0 Å². The van der Waals surface area contributed by atoms with E-state index in [-0.39, 0.29) is 11.4 Å². The third-order valence-corrected chi connectivity index (χ3v) is 2.69. The lowest BCUT2D eigenvalue weighted by molar-refractivity contribution is -0.133. The molecular formula is C8H14N2O. The summed E-state index contributed by atoms with van der Waals surface area (Å²) in [5, 5.41) is 6.35. The summed E-state index contributed by atoms with van der Waals surface area (Å²) in [4.78, 5) is 10.8. The van der Waals surface area contributed by atoms with Crippen molar-refractivity contribution in [3.05, 3.63) is 0 Å². The van der Waals surface area contributed by atoms with Crippen molar-refractivity contribution in [2.45, 2.75) is 31.2 Å². The zero-order chi connectivity index (χ0) is 7.73. The zero-order valence-corrected chi connectivity index (χ0v) is 6.65. The van der Waals surface area contributed by atoms with Crippen LogP contribution in [0.3, 0.4) is 0 Å². The highest BCUT2D eigenvalue weighted by Crippen LogP contribution is 2.29. The maximum absolute atomic E-state index is 10.8. The van der Waals surface area contributed by atoms with E-state index in [1.54, 1.807) is 0 Å². The molecule has 2 aliphatic rings. The van der Waals surface area contributed by atoms with Gasteiger partial charge in [-0.2, -0.15) is 0 Å². The number of β-lactam (4-membered cyclic amide) rings is 1. The van der Waals surface area contributed by atoms with Gasteiger partial charge in [-0.05, 0) is 32.4 Å². The fourth-order valence-corrected chi connectivity index (χ4v) is 2.02. The molecule has 2 rings (SSSR count). The summed E-state index contributed by atoms with van der Waals surface area (Å²) in [7, 11) is 0. The molecule has 0 bridgehead atoms. The van der Waals surface area contributed by atoms with E-state index in [0.29, 0.717) is 0 Å². The number of rotatable bonds is 0. The van der Waals surface area contributed by atoms with Crippen molar-refractivity contribution >= 4 is 5.91 Å². The maximum atomic E-state index is 10.8. The third-order valence-electron chi connectivity index (χ3n) is 2.69. The molecule has 1 unspecified atom stereocenters. The Morgan fingerprint density at radius 2 is 2.09 bits per heavy atom. The van der Waals surface area contributed by atoms with E-state index >= 15 is 0 Å². The zero-order valence-electron chi connectivity index (χ0n) is 6.65. The molecule has 1 atom stereocenters. The Morgan fingerprint density at radius 1 is 1.27 bits per heavy atom. The molecule has 2 N–H and O–H groups in total. The lowest BCUT2D eigenvalue weighted by Crippen LogP contribution is -2.61. The molecule has 2 heterocycles. The van der Waals surface area contributed by atoms with Crippen LogP contribution in [-0.2, 0) is 4.79 Å². The molecular weight excluding hydrogens is 140 g/mol. The summed E-state index contributed by atoms with van der Waals surface area (Å²) in [5.41, 5.74) is 0.195. The molecule has 3 nitrogen and oxygen atoms in total. The van der Waals surface area contributed by atoms with E-state index < -0.39 is 0 Å². The Balaban J connectivity index is 1.96. The van der Waals surface area contributed by atoms with Crippen molar-refractivity contribution in [1.82, 2.24) is 10.6 Å². The Morgan fingerprint density at radius 3 is 2.82 bits per heavy atom. The minimum Gasteiger partial charge on any atom is -0.350 e. The molecule has 1 spiro atoms. The molecule has 11 heavy (non-hydrogen) atoms. The van der Waals surface area contributed by atoms with Gasteiger partial charge in [-0.25, -0.2) is 0 Å². The van der Waals surface area contributed by atoms with E-state index in [1.165, 1.54) is 6.42 Å². The predicted octanol–water partition coefficient (Wildman–Crippen LogP) is 0.0186. The first-order valence-electron chi connectivity index (χ1n) is 4.33. The van der Waals surface area contributed by atoms with Gasteiger partial charge in [-0.1, -0.05) is 0 Å². The molecule has 2 fully saturated rings. The quantitative estimate of drug-likeness (QED) is 0.483. The Bertz CT molecular complexity index is 161. The average molecular weight is 154 g/mol. The molecule has 2 aliphatic heterocycles. The first-order valence-corrected chi connectivity index (χ1v) is 4.33. The molecule has 0 aliphatic carbocycles. The summed E-state index contributed by atoms with van der Waals surface area (Å²) in [6, 6.07) is 0. The van der Waals surface area contributed by atoms with Crippen LogP contribution in [-0.4, -0.2) is 24.5 Å². The minimum absolute atomic E-state index is 0.195. The molecule has 0 aromatic carbocycles. The second-order valence-corrected chi connectivity index (χ2v) is 3.61. The largest absolute Gasteiger partial charge is 0.350 e. The molecule has 2 saturated heterocycles. The van der Waals surface area contributed by atoms with Crippen LogP contribution in [0.4, 0.5) is 0 Å². The maximum Gasteiger partial charge on any atom is 0.222 e. The summed E-state index contributed by atoms with van der Waals surface area (Å²) < 4.78 is 0. The Hall–Kier alpha value is -0.570. The van der Waals surface area contributed by atoms with Gasteiger partial charge in [0.15, 0.2) is 0 Å². The molecule has 0 saturated carbocycles. The number of hydrogen-bond donors (Lipinski definition) is 2. The van der Waals surface area contributed by atoms with E-state index in [2.05, 4.69) is 10.6 Å². The van der Waals surface area contributed by atoms with Crippen molar-refractivity contribution < 1.29 is 4.79 Å². The van der Waals surface area contributed by atoms with Crippen molar-refractivity contribution in [2.75, 3.05) is 13.1 Å². The summed E-state index contributed by atoms with van der Waals surface area (Å²) in [6.45, 7) is 2.16. The fraction of sp³-hybridized carbons (Fsp3) is 0.875. The average Bonchev–Trinajstić information content (AvgIpc) is 2.12. The highest BCUT2D eigenvalue weighted by molar-refractivity contribution is 5.84. The second kappa shape index (κ2) is 2.48. The van der Waals surface area contributed by atoms with Crippen LogP contribution in [0.5, 0.6) is 0 Å². The van der Waals surface area contributed by atoms with Gasteiger partial charge in [0.2, 0.25) is 5.91 Å². The lowest BCUT2D eigenvalue weighted by Gasteiger charge is -2.41. The second-order valence-electron chi connectivity index (χ2n) is 3.61. The number of hydrogen-bond acceptors (Lipinski definition) is 2. The van der Waals surface area contributed by atoms with Gasteiger partial charge in [0.05, 0.1) is 5.54 Å². The Kier molecular flexibility index (Phi) is 1.60. The highest BCUT2D eigenvalue weighted by Gasteiger charge is 2.42. The normalized spacial score (nSPS) is 37.6. The van der Waals surface area contributed by atoms with Gasteiger partial charge < -0.3 is 10.6 Å². The van der Waals surface area contributed by atoms with Gasteiger partial charge in [0, 0.05) is 6.42 Å². The van der Waals surface area contributed by atoms with E-state index in [0.717, 1.165) is 32.4 Å². The SMILES string of the molecule is O=C1CC2(CCCNCC2)N1. The number of nitrogens with one attached hydrogen (secondary N) is 2. The van der Waals surface area contributed by atoms with Crippen LogP contribution in [0.1, 0.15) is 25.7 Å². The first-order chi connectivity index (χ1) is 5.31. The Labute approximate surface area is 66.5 Å². The van der Waals surface area contributed by atoms with E-state index in [4.69, 9.17) is 0 Å². The van der Waals surface area contributed by atoms with Crippen molar-refractivity contribution in [3.8, 4) is 0 Å². The van der Waals surface area contributed by atoms with Gasteiger partial charge in [0.25, 0.3) is 0 Å². The molecule has 0 aromatic rings. The van der Waals surface area contributed by atoms with Gasteiger partial charge in [-0.15, -0.1) is 0 Å². The first kappa shape index (κ1) is 7.10. The van der Waals surface area contributed by atoms with Crippen molar-refractivity contribution in [2.24, 2.45) is 0 Å². The van der Waals surface area contributed by atoms with Crippen molar-refractivity contribution in [1.29, 1.82) is 0 Å². The highest BCUT2D eigenvalue weighted by atomic mass is 16.2. The van der Waals surface area contributed by atoms with Gasteiger partial charge >= 0.3 is 0 Å². The van der Waals surface area contributed by atoms with E-state index in [9.17, 15) is 4.79 Å². The molecule has 0 aromatic heterocycles. The van der Waals surface area contributed by atoms with Crippen LogP contribution in [0.25, 0.3) is 0 Å². The summed E-state index contributed by atoms with van der Waals surface area (Å²) >= 11 is 0. The fourth-order valence-electron chi connectivity index (χ4n) is 2.02. The standard InChI is InChI=1S/C8H14N2O/c11-7-6-8(10-7)2-1-4-9-5-3-8/h9H,1-6H2,(H,10,11). The van der Waals surface area contributed by atoms with Crippen LogP contribution < -0.4 is 10.6 Å². The smallest absolute Gasteiger partial charge is 0.222 e. The van der Waals surface area contributed by atoms with Crippen LogP contribution in [0.15, 0.2) is 0 Å². The van der Waals surface area contributed by atoms with Crippen LogP contribution >= 0.6 is 0 Å². The van der Waals surface area contributed by atoms with Crippen LogP contribution in [0.2, 0.25) is 0 Å². The summed E-state index contributed by atoms with van der Waals surface area (Å²) in [5.74, 6) is 0.229. The third kappa shape index (κ3) is 1.25. The molecule has 62 valence electrons.